The van der Waals surface area contributed by atoms with Gasteiger partial charge in [0.15, 0.2) is 5.76 Å². The van der Waals surface area contributed by atoms with E-state index in [2.05, 4.69) is 5.32 Å². The Balaban J connectivity index is 1.80. The van der Waals surface area contributed by atoms with Gasteiger partial charge in [-0.15, -0.1) is 0 Å². The SMILES string of the molecule is C[C@@H](NC(=O)c1cc2cc(N)ccc2o1)c1ccccc1. The van der Waals surface area contributed by atoms with Gasteiger partial charge in [-0.05, 0) is 36.8 Å². The van der Waals surface area contributed by atoms with E-state index in [0.29, 0.717) is 17.0 Å². The van der Waals surface area contributed by atoms with Crippen LogP contribution in [-0.4, -0.2) is 5.91 Å². The zero-order valence-electron chi connectivity index (χ0n) is 11.7. The van der Waals surface area contributed by atoms with Crippen LogP contribution >= 0.6 is 0 Å². The van der Waals surface area contributed by atoms with Crippen molar-refractivity contribution in [1.82, 2.24) is 5.32 Å². The summed E-state index contributed by atoms with van der Waals surface area (Å²) in [4.78, 5) is 12.2. The van der Waals surface area contributed by atoms with Crippen LogP contribution in [0.3, 0.4) is 0 Å². The summed E-state index contributed by atoms with van der Waals surface area (Å²) in [6.07, 6.45) is 0. The van der Waals surface area contributed by atoms with Gasteiger partial charge in [0.2, 0.25) is 0 Å². The molecule has 0 spiro atoms. The van der Waals surface area contributed by atoms with Gasteiger partial charge in [0.25, 0.3) is 5.91 Å². The minimum Gasteiger partial charge on any atom is -0.451 e. The van der Waals surface area contributed by atoms with Crippen LogP contribution in [0.4, 0.5) is 5.69 Å². The number of benzene rings is 2. The molecule has 1 amide bonds. The fraction of sp³-hybridized carbons (Fsp3) is 0.118. The molecular weight excluding hydrogens is 264 g/mol. The first kappa shape index (κ1) is 13.2. The fourth-order valence-corrected chi connectivity index (χ4v) is 2.27. The van der Waals surface area contributed by atoms with E-state index in [0.717, 1.165) is 10.9 Å². The standard InChI is InChI=1S/C17H16N2O2/c1-11(12-5-3-2-4-6-12)19-17(20)16-10-13-9-14(18)7-8-15(13)21-16/h2-11H,18H2,1H3,(H,19,20)/t11-/m1/s1. The largest absolute Gasteiger partial charge is 0.451 e. The molecule has 3 N–H and O–H groups in total. The number of hydrogen-bond acceptors (Lipinski definition) is 3. The molecule has 3 aromatic rings. The molecule has 3 rings (SSSR count). The predicted octanol–water partition coefficient (Wildman–Crippen LogP) is 3.51. The predicted molar refractivity (Wildman–Crippen MR) is 82.9 cm³/mol. The molecule has 0 aliphatic heterocycles. The number of carbonyl (C=O) groups excluding carboxylic acids is 1. The van der Waals surface area contributed by atoms with Crippen LogP contribution in [0.15, 0.2) is 59.0 Å². The number of nitrogens with one attached hydrogen (secondary N) is 1. The van der Waals surface area contributed by atoms with E-state index in [-0.39, 0.29) is 11.9 Å². The molecular formula is C17H16N2O2. The lowest BCUT2D eigenvalue weighted by Gasteiger charge is -2.12. The number of fused-ring (bicyclic) bond motifs is 1. The van der Waals surface area contributed by atoms with Crippen molar-refractivity contribution in [3.8, 4) is 0 Å². The van der Waals surface area contributed by atoms with Crippen LogP contribution in [0.5, 0.6) is 0 Å². The minimum absolute atomic E-state index is 0.0861. The van der Waals surface area contributed by atoms with Crippen molar-refractivity contribution in [2.75, 3.05) is 5.73 Å². The quantitative estimate of drug-likeness (QED) is 0.721. The maximum Gasteiger partial charge on any atom is 0.287 e. The third-order valence-corrected chi connectivity index (χ3v) is 3.41. The molecule has 0 saturated heterocycles. The van der Waals surface area contributed by atoms with Crippen molar-refractivity contribution in [2.45, 2.75) is 13.0 Å². The molecule has 0 bridgehead atoms. The summed E-state index contributed by atoms with van der Waals surface area (Å²) in [5.41, 5.74) is 8.07. The summed E-state index contributed by atoms with van der Waals surface area (Å²) < 4.78 is 5.55. The number of amides is 1. The van der Waals surface area contributed by atoms with E-state index in [1.165, 1.54) is 0 Å². The summed E-state index contributed by atoms with van der Waals surface area (Å²) in [6, 6.07) is 16.7. The van der Waals surface area contributed by atoms with Gasteiger partial charge in [0, 0.05) is 11.1 Å². The maximum absolute atomic E-state index is 12.2. The second kappa shape index (κ2) is 5.32. The van der Waals surface area contributed by atoms with E-state index in [9.17, 15) is 4.79 Å². The molecule has 0 fully saturated rings. The first-order valence-corrected chi connectivity index (χ1v) is 6.78. The molecule has 1 heterocycles. The molecule has 0 unspecified atom stereocenters. The van der Waals surface area contributed by atoms with Crippen LogP contribution in [-0.2, 0) is 0 Å². The average molecular weight is 280 g/mol. The topological polar surface area (TPSA) is 68.3 Å². The Hall–Kier alpha value is -2.75. The highest BCUT2D eigenvalue weighted by atomic mass is 16.3. The Morgan fingerprint density at radius 1 is 1.14 bits per heavy atom. The lowest BCUT2D eigenvalue weighted by atomic mass is 10.1. The molecule has 4 heteroatoms. The monoisotopic (exact) mass is 280 g/mol. The molecule has 4 nitrogen and oxygen atoms in total. The molecule has 2 aromatic carbocycles. The Bertz CT molecular complexity index is 778. The molecule has 1 aromatic heterocycles. The Morgan fingerprint density at radius 3 is 2.67 bits per heavy atom. The summed E-state index contributed by atoms with van der Waals surface area (Å²) in [6.45, 7) is 1.94. The maximum atomic E-state index is 12.2. The molecule has 0 radical (unpaired) electrons. The highest BCUT2D eigenvalue weighted by Crippen LogP contribution is 2.22. The van der Waals surface area contributed by atoms with E-state index in [4.69, 9.17) is 10.2 Å². The average Bonchev–Trinajstić information content (AvgIpc) is 2.91. The third-order valence-electron chi connectivity index (χ3n) is 3.41. The highest BCUT2D eigenvalue weighted by Gasteiger charge is 2.15. The summed E-state index contributed by atoms with van der Waals surface area (Å²) >= 11 is 0. The number of hydrogen-bond donors (Lipinski definition) is 2. The van der Waals surface area contributed by atoms with Gasteiger partial charge in [-0.25, -0.2) is 0 Å². The van der Waals surface area contributed by atoms with Crippen molar-refractivity contribution < 1.29 is 9.21 Å². The molecule has 21 heavy (non-hydrogen) atoms. The lowest BCUT2D eigenvalue weighted by molar-refractivity contribution is 0.0914. The lowest BCUT2D eigenvalue weighted by Crippen LogP contribution is -2.26. The third kappa shape index (κ3) is 2.74. The van der Waals surface area contributed by atoms with Crippen LogP contribution < -0.4 is 11.1 Å². The normalized spacial score (nSPS) is 12.2. The van der Waals surface area contributed by atoms with Crippen LogP contribution in [0.1, 0.15) is 29.1 Å². The van der Waals surface area contributed by atoms with Gasteiger partial charge in [-0.2, -0.15) is 0 Å². The van der Waals surface area contributed by atoms with Gasteiger partial charge >= 0.3 is 0 Å². The molecule has 0 aliphatic carbocycles. The first-order valence-electron chi connectivity index (χ1n) is 6.78. The van der Waals surface area contributed by atoms with Crippen LogP contribution in [0.2, 0.25) is 0 Å². The van der Waals surface area contributed by atoms with Gasteiger partial charge in [-0.3, -0.25) is 4.79 Å². The van der Waals surface area contributed by atoms with E-state index in [1.807, 2.05) is 37.3 Å². The zero-order chi connectivity index (χ0) is 14.8. The first-order chi connectivity index (χ1) is 10.1. The van der Waals surface area contributed by atoms with Crippen LogP contribution in [0.25, 0.3) is 11.0 Å². The molecule has 0 saturated carbocycles. The van der Waals surface area contributed by atoms with Gasteiger partial charge < -0.3 is 15.5 Å². The van der Waals surface area contributed by atoms with Gasteiger partial charge in [0.05, 0.1) is 6.04 Å². The zero-order valence-corrected chi connectivity index (χ0v) is 11.7. The second-order valence-electron chi connectivity index (χ2n) is 5.01. The number of furan rings is 1. The van der Waals surface area contributed by atoms with Crippen molar-refractivity contribution in [2.24, 2.45) is 0 Å². The summed E-state index contributed by atoms with van der Waals surface area (Å²) in [5.74, 6) is 0.0551. The summed E-state index contributed by atoms with van der Waals surface area (Å²) in [5, 5.41) is 3.75. The Kier molecular flexibility index (Phi) is 3.36. The van der Waals surface area contributed by atoms with Gasteiger partial charge in [0.1, 0.15) is 5.58 Å². The smallest absolute Gasteiger partial charge is 0.287 e. The molecule has 0 aliphatic rings. The Morgan fingerprint density at radius 2 is 1.90 bits per heavy atom. The van der Waals surface area contributed by atoms with Crippen molar-refractivity contribution in [1.29, 1.82) is 0 Å². The van der Waals surface area contributed by atoms with Crippen molar-refractivity contribution in [3.05, 3.63) is 65.9 Å². The number of nitrogens with two attached hydrogens (primary N) is 1. The van der Waals surface area contributed by atoms with Crippen LogP contribution in [0, 0.1) is 0 Å². The highest BCUT2D eigenvalue weighted by molar-refractivity contribution is 5.96. The van der Waals surface area contributed by atoms with E-state index >= 15 is 0 Å². The number of rotatable bonds is 3. The molecule has 106 valence electrons. The van der Waals surface area contributed by atoms with Gasteiger partial charge in [-0.1, -0.05) is 30.3 Å². The minimum atomic E-state index is -0.235. The van der Waals surface area contributed by atoms with Crippen molar-refractivity contribution >= 4 is 22.6 Å². The fourth-order valence-electron chi connectivity index (χ4n) is 2.27. The number of carbonyl (C=O) groups is 1. The van der Waals surface area contributed by atoms with Crippen molar-refractivity contribution in [3.63, 3.8) is 0 Å². The Labute approximate surface area is 122 Å². The van der Waals surface area contributed by atoms with E-state index < -0.39 is 0 Å². The molecule has 1 atom stereocenters. The number of anilines is 1. The van der Waals surface area contributed by atoms with E-state index in [1.54, 1.807) is 24.3 Å². The second-order valence-corrected chi connectivity index (χ2v) is 5.01. The number of nitrogen functional groups attached to an aromatic ring is 1. The summed E-state index contributed by atoms with van der Waals surface area (Å²) in [7, 11) is 0.